The van der Waals surface area contributed by atoms with Crippen LogP contribution in [-0.2, 0) is 0 Å². The molecule has 49 heavy (non-hydrogen) atoms. The van der Waals surface area contributed by atoms with Gasteiger partial charge in [0.1, 0.15) is 5.58 Å². The minimum Gasteiger partial charge on any atom is -0.454 e. The lowest BCUT2D eigenvalue weighted by molar-refractivity contribution is 0.640. The largest absolute Gasteiger partial charge is 0.454 e. The molecule has 0 N–H and O–H groups in total. The van der Waals surface area contributed by atoms with Gasteiger partial charge in [0.15, 0.2) is 5.58 Å². The zero-order valence-electron chi connectivity index (χ0n) is 26.8. The smallest absolute Gasteiger partial charge is 0.159 e. The van der Waals surface area contributed by atoms with E-state index in [2.05, 4.69) is 180 Å². The Bertz CT molecular complexity index is 2740. The molecule has 0 fully saturated rings. The normalized spacial score (nSPS) is 17.1. The maximum absolute atomic E-state index is 6.88. The third kappa shape index (κ3) is 4.51. The van der Waals surface area contributed by atoms with Crippen molar-refractivity contribution in [1.29, 1.82) is 0 Å². The summed E-state index contributed by atoms with van der Waals surface area (Å²) in [6, 6.07) is 49.9. The van der Waals surface area contributed by atoms with Crippen molar-refractivity contribution in [1.82, 2.24) is 4.57 Å². The van der Waals surface area contributed by atoms with Crippen molar-refractivity contribution in [2.24, 2.45) is 5.92 Å². The van der Waals surface area contributed by atoms with E-state index in [-0.39, 0.29) is 5.92 Å². The van der Waals surface area contributed by atoms with Crippen molar-refractivity contribution in [3.8, 4) is 28.7 Å². The minimum absolute atomic E-state index is 0.0863. The van der Waals surface area contributed by atoms with Crippen LogP contribution in [0.15, 0.2) is 174 Å². The van der Waals surface area contributed by atoms with Gasteiger partial charge in [-0.05, 0) is 58.5 Å². The maximum Gasteiger partial charge on any atom is 0.159 e. The second-order valence-corrected chi connectivity index (χ2v) is 13.1. The molecule has 0 saturated heterocycles. The number of hydrogen-bond acceptors (Lipinski definition) is 1. The highest BCUT2D eigenvalue weighted by atomic mass is 16.3. The molecule has 2 heteroatoms. The first kappa shape index (κ1) is 27.8. The number of allylic oxidation sites excluding steroid dienone is 6. The second-order valence-electron chi connectivity index (χ2n) is 13.1. The predicted octanol–water partition coefficient (Wildman–Crippen LogP) is 12.0. The summed E-state index contributed by atoms with van der Waals surface area (Å²) in [5.41, 5.74) is 12.4. The van der Waals surface area contributed by atoms with Crippen molar-refractivity contribution < 1.29 is 4.42 Å². The van der Waals surface area contributed by atoms with Crippen molar-refractivity contribution in [3.63, 3.8) is 0 Å². The van der Waals surface area contributed by atoms with E-state index in [1.165, 1.54) is 38.6 Å². The van der Waals surface area contributed by atoms with E-state index >= 15 is 0 Å². The molecular weight excluding hydrogens is 595 g/mol. The average Bonchev–Trinajstić information content (AvgIpc) is 3.63. The van der Waals surface area contributed by atoms with Crippen LogP contribution in [0.2, 0.25) is 0 Å². The fourth-order valence-electron chi connectivity index (χ4n) is 7.90. The molecule has 0 saturated carbocycles. The lowest BCUT2D eigenvalue weighted by Crippen LogP contribution is -2.07. The zero-order chi connectivity index (χ0) is 32.3. The summed E-state index contributed by atoms with van der Waals surface area (Å²) in [4.78, 5) is 0. The molecule has 0 amide bonds. The first-order chi connectivity index (χ1) is 24.3. The van der Waals surface area contributed by atoms with Gasteiger partial charge in [-0.15, -0.1) is 0 Å². The number of nitrogens with zero attached hydrogens (tertiary/aromatic N) is 1. The van der Waals surface area contributed by atoms with E-state index in [9.17, 15) is 0 Å². The summed E-state index contributed by atoms with van der Waals surface area (Å²) in [5, 5.41) is 4.70. The number of fused-ring (bicyclic) bond motifs is 7. The van der Waals surface area contributed by atoms with Crippen molar-refractivity contribution in [2.75, 3.05) is 0 Å². The Morgan fingerprint density at radius 1 is 0.592 bits per heavy atom. The van der Waals surface area contributed by atoms with Gasteiger partial charge in [-0.2, -0.15) is 0 Å². The Hall–Kier alpha value is -6.30. The van der Waals surface area contributed by atoms with E-state index in [1.54, 1.807) is 0 Å². The summed E-state index contributed by atoms with van der Waals surface area (Å²) in [6.07, 6.45) is 9.79. The van der Waals surface area contributed by atoms with Gasteiger partial charge in [0.05, 0.1) is 16.7 Å². The summed E-state index contributed by atoms with van der Waals surface area (Å²) in [5.74, 6) is 7.66. The highest BCUT2D eigenvalue weighted by molar-refractivity contribution is 6.13. The molecule has 6 aromatic carbocycles. The molecule has 2 aliphatic rings. The third-order valence-corrected chi connectivity index (χ3v) is 10.3. The molecule has 2 aliphatic carbocycles. The van der Waals surface area contributed by atoms with Crippen LogP contribution in [0.3, 0.4) is 0 Å². The first-order valence-corrected chi connectivity index (χ1v) is 17.0. The van der Waals surface area contributed by atoms with Crippen LogP contribution in [0.4, 0.5) is 0 Å². The van der Waals surface area contributed by atoms with Crippen LogP contribution in [0.5, 0.6) is 0 Å². The molecule has 2 heterocycles. The molecule has 10 rings (SSSR count). The highest BCUT2D eigenvalue weighted by Gasteiger charge is 2.25. The number of rotatable bonds is 4. The quantitative estimate of drug-likeness (QED) is 0.178. The molecule has 2 nitrogen and oxygen atoms in total. The SMILES string of the molecule is C1#C[C@@H](c2ccc3c(c2)oc2c(-n4c5ccccc5c5ccc(-c6ccccc6)cc54)cccc23)CC2C=CC=CC2=C1c1ccccc1. The summed E-state index contributed by atoms with van der Waals surface area (Å²) < 4.78 is 9.25. The molecule has 0 radical (unpaired) electrons. The van der Waals surface area contributed by atoms with Gasteiger partial charge < -0.3 is 8.98 Å². The van der Waals surface area contributed by atoms with E-state index in [4.69, 9.17) is 4.42 Å². The topological polar surface area (TPSA) is 18.1 Å². The Balaban J connectivity index is 1.12. The minimum atomic E-state index is 0.0863. The van der Waals surface area contributed by atoms with Gasteiger partial charge in [-0.1, -0.05) is 151 Å². The van der Waals surface area contributed by atoms with Crippen LogP contribution < -0.4 is 0 Å². The predicted molar refractivity (Wildman–Crippen MR) is 204 cm³/mol. The Morgan fingerprint density at radius 3 is 2.22 bits per heavy atom. The third-order valence-electron chi connectivity index (χ3n) is 10.3. The zero-order valence-corrected chi connectivity index (χ0v) is 26.8. The molecule has 8 aromatic rings. The molecule has 0 bridgehead atoms. The second kappa shape index (κ2) is 11.2. The van der Waals surface area contributed by atoms with E-state index in [0.717, 1.165) is 50.7 Å². The van der Waals surface area contributed by atoms with E-state index in [0.29, 0.717) is 5.92 Å². The molecule has 2 atom stereocenters. The van der Waals surface area contributed by atoms with Gasteiger partial charge >= 0.3 is 0 Å². The fourth-order valence-corrected chi connectivity index (χ4v) is 7.90. The number of aromatic nitrogens is 1. The molecular formula is C47H31NO. The van der Waals surface area contributed by atoms with Crippen molar-refractivity contribution in [2.45, 2.75) is 12.3 Å². The number of benzene rings is 6. The fraction of sp³-hybridized carbons (Fsp3) is 0.0638. The molecule has 0 spiro atoms. The van der Waals surface area contributed by atoms with Gasteiger partial charge in [0.25, 0.3) is 0 Å². The van der Waals surface area contributed by atoms with Crippen LogP contribution >= 0.6 is 0 Å². The summed E-state index contributed by atoms with van der Waals surface area (Å²) in [6.45, 7) is 0. The van der Waals surface area contributed by atoms with Gasteiger partial charge in [0.2, 0.25) is 0 Å². The Kier molecular flexibility index (Phi) is 6.32. The number of para-hydroxylation sites is 2. The maximum atomic E-state index is 6.88. The monoisotopic (exact) mass is 625 g/mol. The Morgan fingerprint density at radius 2 is 1.35 bits per heavy atom. The highest BCUT2D eigenvalue weighted by Crippen LogP contribution is 2.42. The summed E-state index contributed by atoms with van der Waals surface area (Å²) in [7, 11) is 0. The van der Waals surface area contributed by atoms with Gasteiger partial charge in [-0.3, -0.25) is 0 Å². The van der Waals surface area contributed by atoms with Crippen molar-refractivity contribution >= 4 is 49.3 Å². The summed E-state index contributed by atoms with van der Waals surface area (Å²) >= 11 is 0. The molecule has 1 unspecified atom stereocenters. The Labute approximate surface area is 284 Å². The van der Waals surface area contributed by atoms with E-state index < -0.39 is 0 Å². The van der Waals surface area contributed by atoms with Crippen LogP contribution in [0, 0.1) is 17.8 Å². The molecule has 2 aromatic heterocycles. The number of furan rings is 1. The average molecular weight is 626 g/mol. The van der Waals surface area contributed by atoms with Crippen LogP contribution in [0.1, 0.15) is 23.5 Å². The van der Waals surface area contributed by atoms with Gasteiger partial charge in [0, 0.05) is 39.0 Å². The standard InChI is InChI=1S/C47H31NO/c1-3-12-31(13-4-1)34-23-26-40-39-18-9-10-20-43(39)48(45(40)29-34)44-21-11-19-42-41-27-24-35(30-46(41)49-47(42)44)33-22-25-38(32-14-5-2-6-15-32)37-17-8-7-16-36(37)28-33/h1-21,23-24,26-27,29-30,33,36H,28H2/t33-,36?/m1/s1. The van der Waals surface area contributed by atoms with E-state index in [1.807, 2.05) is 0 Å². The number of hydrogen-bond donors (Lipinski definition) is 0. The van der Waals surface area contributed by atoms with Crippen molar-refractivity contribution in [3.05, 3.63) is 181 Å². The lowest BCUT2D eigenvalue weighted by atomic mass is 9.82. The first-order valence-electron chi connectivity index (χ1n) is 17.0. The lowest BCUT2D eigenvalue weighted by Gasteiger charge is -2.20. The van der Waals surface area contributed by atoms with Gasteiger partial charge in [-0.25, -0.2) is 0 Å². The molecule has 230 valence electrons. The molecule has 0 aliphatic heterocycles. The van der Waals surface area contributed by atoms with Crippen LogP contribution in [0.25, 0.3) is 66.1 Å². The van der Waals surface area contributed by atoms with Crippen LogP contribution in [-0.4, -0.2) is 4.57 Å².